The third-order valence-corrected chi connectivity index (χ3v) is 3.82. The topological polar surface area (TPSA) is 58.5 Å². The Balaban J connectivity index is 0.00000338. The van der Waals surface area contributed by atoms with Gasteiger partial charge in [0.25, 0.3) is 0 Å². The molecule has 0 amide bonds. The van der Waals surface area contributed by atoms with E-state index in [4.69, 9.17) is 4.74 Å². The molecule has 26 heavy (non-hydrogen) atoms. The van der Waals surface area contributed by atoms with Crippen molar-refractivity contribution in [3.05, 3.63) is 54.0 Å². The number of aromatic nitrogens is 1. The summed E-state index contributed by atoms with van der Waals surface area (Å²) in [5.41, 5.74) is 0.828. The molecule has 0 radical (unpaired) electrons. The lowest BCUT2D eigenvalue weighted by molar-refractivity contribution is 0.452. The molecule has 0 unspecified atom stereocenters. The fourth-order valence-electron chi connectivity index (χ4n) is 2.06. The Morgan fingerprint density at radius 1 is 1.27 bits per heavy atom. The second-order valence-corrected chi connectivity index (χ2v) is 6.13. The van der Waals surface area contributed by atoms with Gasteiger partial charge in [-0.25, -0.2) is 14.4 Å². The van der Waals surface area contributed by atoms with Gasteiger partial charge >= 0.3 is 0 Å². The number of halogens is 2. The SMILES string of the molecule is CCNC(=NCc1cccnc1Oc1cccc(F)c1)NCCSC.I. The molecule has 142 valence electrons. The molecule has 1 aromatic carbocycles. The van der Waals surface area contributed by atoms with Crippen molar-refractivity contribution in [1.29, 1.82) is 0 Å². The third kappa shape index (κ3) is 7.77. The lowest BCUT2D eigenvalue weighted by Crippen LogP contribution is -2.38. The summed E-state index contributed by atoms with van der Waals surface area (Å²) in [5, 5.41) is 6.48. The zero-order chi connectivity index (χ0) is 17.9. The highest BCUT2D eigenvalue weighted by Crippen LogP contribution is 2.23. The van der Waals surface area contributed by atoms with E-state index in [9.17, 15) is 4.39 Å². The molecule has 0 spiro atoms. The summed E-state index contributed by atoms with van der Waals surface area (Å²) in [7, 11) is 0. The van der Waals surface area contributed by atoms with Gasteiger partial charge in [-0.1, -0.05) is 12.1 Å². The number of rotatable bonds is 8. The average molecular weight is 490 g/mol. The predicted molar refractivity (Wildman–Crippen MR) is 117 cm³/mol. The molecule has 0 saturated heterocycles. The molecule has 0 aliphatic rings. The van der Waals surface area contributed by atoms with E-state index in [0.717, 1.165) is 30.4 Å². The van der Waals surface area contributed by atoms with E-state index in [1.807, 2.05) is 19.1 Å². The van der Waals surface area contributed by atoms with Gasteiger partial charge in [0.2, 0.25) is 5.88 Å². The highest BCUT2D eigenvalue weighted by molar-refractivity contribution is 14.0. The minimum atomic E-state index is -0.347. The smallest absolute Gasteiger partial charge is 0.224 e. The summed E-state index contributed by atoms with van der Waals surface area (Å²) in [5.74, 6) is 2.24. The number of hydrogen-bond donors (Lipinski definition) is 2. The third-order valence-electron chi connectivity index (χ3n) is 3.21. The van der Waals surface area contributed by atoms with Gasteiger partial charge in [-0.3, -0.25) is 0 Å². The normalized spacial score (nSPS) is 10.8. The van der Waals surface area contributed by atoms with Gasteiger partial charge in [-0.05, 0) is 31.4 Å². The number of pyridine rings is 1. The van der Waals surface area contributed by atoms with E-state index in [2.05, 4.69) is 26.9 Å². The van der Waals surface area contributed by atoms with Crippen molar-refractivity contribution in [3.63, 3.8) is 0 Å². The first-order valence-electron chi connectivity index (χ1n) is 8.11. The van der Waals surface area contributed by atoms with Crippen molar-refractivity contribution in [2.75, 3.05) is 25.1 Å². The lowest BCUT2D eigenvalue weighted by atomic mass is 10.2. The molecule has 1 heterocycles. The second kappa shape index (κ2) is 12.7. The molecular weight excluding hydrogens is 466 g/mol. The summed E-state index contributed by atoms with van der Waals surface area (Å²) in [6, 6.07) is 9.73. The van der Waals surface area contributed by atoms with Crippen LogP contribution >= 0.6 is 35.7 Å². The Hall–Kier alpha value is -1.55. The van der Waals surface area contributed by atoms with Gasteiger partial charge in [0, 0.05) is 36.7 Å². The number of ether oxygens (including phenoxy) is 1. The van der Waals surface area contributed by atoms with Crippen LogP contribution in [0.15, 0.2) is 47.6 Å². The van der Waals surface area contributed by atoms with Crippen molar-refractivity contribution in [2.45, 2.75) is 13.5 Å². The highest BCUT2D eigenvalue weighted by Gasteiger charge is 2.07. The van der Waals surface area contributed by atoms with Crippen LogP contribution < -0.4 is 15.4 Å². The molecule has 8 heteroatoms. The van der Waals surface area contributed by atoms with Crippen molar-refractivity contribution in [2.24, 2.45) is 4.99 Å². The quantitative estimate of drug-likeness (QED) is 0.253. The Morgan fingerprint density at radius 2 is 2.12 bits per heavy atom. The number of guanidine groups is 1. The largest absolute Gasteiger partial charge is 0.439 e. The number of aliphatic imine (C=N–C) groups is 1. The van der Waals surface area contributed by atoms with Crippen molar-refractivity contribution < 1.29 is 9.13 Å². The summed E-state index contributed by atoms with van der Waals surface area (Å²) in [6.45, 7) is 4.05. The summed E-state index contributed by atoms with van der Waals surface area (Å²) in [4.78, 5) is 8.81. The van der Waals surface area contributed by atoms with E-state index < -0.39 is 0 Å². The molecule has 0 atom stereocenters. The molecule has 0 aliphatic heterocycles. The zero-order valence-corrected chi connectivity index (χ0v) is 18.0. The minimum absolute atomic E-state index is 0. The van der Waals surface area contributed by atoms with Crippen LogP contribution in [0.5, 0.6) is 11.6 Å². The van der Waals surface area contributed by atoms with Gasteiger partial charge in [0.05, 0.1) is 6.54 Å². The Morgan fingerprint density at radius 3 is 2.85 bits per heavy atom. The molecule has 0 bridgehead atoms. The van der Waals surface area contributed by atoms with E-state index >= 15 is 0 Å². The maximum Gasteiger partial charge on any atom is 0.224 e. The monoisotopic (exact) mass is 490 g/mol. The number of nitrogens with zero attached hydrogens (tertiary/aromatic N) is 2. The van der Waals surface area contributed by atoms with E-state index in [0.29, 0.717) is 18.2 Å². The van der Waals surface area contributed by atoms with Gasteiger partial charge in [-0.15, -0.1) is 24.0 Å². The van der Waals surface area contributed by atoms with Crippen LogP contribution in [0.1, 0.15) is 12.5 Å². The zero-order valence-electron chi connectivity index (χ0n) is 14.9. The van der Waals surface area contributed by atoms with Crippen molar-refractivity contribution in [3.8, 4) is 11.6 Å². The Bertz CT molecular complexity index is 702. The van der Waals surface area contributed by atoms with Crippen LogP contribution in [-0.2, 0) is 6.54 Å². The minimum Gasteiger partial charge on any atom is -0.439 e. The molecular formula is C18H24FIN4OS. The summed E-state index contributed by atoms with van der Waals surface area (Å²) in [6.07, 6.45) is 3.71. The molecule has 0 fully saturated rings. The first-order valence-corrected chi connectivity index (χ1v) is 9.50. The van der Waals surface area contributed by atoms with Crippen LogP contribution in [-0.4, -0.2) is 36.0 Å². The number of hydrogen-bond acceptors (Lipinski definition) is 4. The molecule has 0 aliphatic carbocycles. The van der Waals surface area contributed by atoms with Crippen molar-refractivity contribution in [1.82, 2.24) is 15.6 Å². The first-order chi connectivity index (χ1) is 12.2. The van der Waals surface area contributed by atoms with Crippen LogP contribution in [0, 0.1) is 5.82 Å². The van der Waals surface area contributed by atoms with Crippen molar-refractivity contribution >= 4 is 41.7 Å². The average Bonchev–Trinajstić information content (AvgIpc) is 2.61. The maximum atomic E-state index is 13.3. The molecule has 1 aromatic heterocycles. The van der Waals surface area contributed by atoms with Crippen LogP contribution in [0.4, 0.5) is 4.39 Å². The Kier molecular flexibility index (Phi) is 11.0. The van der Waals surface area contributed by atoms with Crippen LogP contribution in [0.3, 0.4) is 0 Å². The van der Waals surface area contributed by atoms with Gasteiger partial charge in [0.1, 0.15) is 11.6 Å². The highest BCUT2D eigenvalue weighted by atomic mass is 127. The van der Waals surface area contributed by atoms with E-state index in [1.54, 1.807) is 30.1 Å². The maximum absolute atomic E-state index is 13.3. The molecule has 2 N–H and O–H groups in total. The number of benzene rings is 1. The molecule has 5 nitrogen and oxygen atoms in total. The van der Waals surface area contributed by atoms with Gasteiger partial charge in [0.15, 0.2) is 5.96 Å². The summed E-state index contributed by atoms with van der Waals surface area (Å²) >= 11 is 1.78. The molecule has 2 aromatic rings. The van der Waals surface area contributed by atoms with Crippen LogP contribution in [0.2, 0.25) is 0 Å². The van der Waals surface area contributed by atoms with Gasteiger partial charge in [-0.2, -0.15) is 11.8 Å². The van der Waals surface area contributed by atoms with E-state index in [1.165, 1.54) is 12.1 Å². The number of thioether (sulfide) groups is 1. The standard InChI is InChI=1S/C18H23FN4OS.HI/c1-3-20-18(22-10-11-25-2)23-13-14-6-5-9-21-17(14)24-16-8-4-7-15(19)12-16;/h4-9,12H,3,10-11,13H2,1-2H3,(H2,20,22,23);1H. The predicted octanol–water partition coefficient (Wildman–Crippen LogP) is 4.05. The fourth-order valence-corrected chi connectivity index (χ4v) is 2.36. The molecule has 2 rings (SSSR count). The second-order valence-electron chi connectivity index (χ2n) is 5.14. The number of nitrogens with one attached hydrogen (secondary N) is 2. The lowest BCUT2D eigenvalue weighted by Gasteiger charge is -2.12. The van der Waals surface area contributed by atoms with Gasteiger partial charge < -0.3 is 15.4 Å². The molecule has 0 saturated carbocycles. The summed E-state index contributed by atoms with van der Waals surface area (Å²) < 4.78 is 19.0. The Labute approximate surface area is 175 Å². The first kappa shape index (κ1) is 22.5. The van der Waals surface area contributed by atoms with Crippen LogP contribution in [0.25, 0.3) is 0 Å². The van der Waals surface area contributed by atoms with E-state index in [-0.39, 0.29) is 29.8 Å². The fraction of sp³-hybridized carbons (Fsp3) is 0.333.